The Balaban J connectivity index is 2.48. The molecule has 0 atom stereocenters. The molecule has 94 valence electrons. The van der Waals surface area contributed by atoms with Gasteiger partial charge in [-0.15, -0.1) is 5.10 Å². The second-order valence-electron chi connectivity index (χ2n) is 4.26. The summed E-state index contributed by atoms with van der Waals surface area (Å²) in [6, 6.07) is 6.00. The van der Waals surface area contributed by atoms with E-state index in [0.29, 0.717) is 5.69 Å². The van der Waals surface area contributed by atoms with Crippen LogP contribution in [0.5, 0.6) is 0 Å². The SMILES string of the molecule is COC(=O)c1nn(-c2cc(C)cc(C)c2)nc1C. The van der Waals surface area contributed by atoms with Crippen LogP contribution in [0.4, 0.5) is 0 Å². The molecule has 2 rings (SSSR count). The molecule has 0 radical (unpaired) electrons. The van der Waals surface area contributed by atoms with Crippen LogP contribution in [0, 0.1) is 20.8 Å². The van der Waals surface area contributed by atoms with Crippen molar-refractivity contribution in [2.24, 2.45) is 0 Å². The van der Waals surface area contributed by atoms with Gasteiger partial charge in [-0.2, -0.15) is 9.90 Å². The van der Waals surface area contributed by atoms with E-state index < -0.39 is 5.97 Å². The van der Waals surface area contributed by atoms with Gasteiger partial charge in [0.2, 0.25) is 0 Å². The maximum atomic E-state index is 11.5. The maximum Gasteiger partial charge on any atom is 0.360 e. The van der Waals surface area contributed by atoms with E-state index in [1.807, 2.05) is 26.0 Å². The molecule has 0 aliphatic rings. The van der Waals surface area contributed by atoms with Crippen molar-refractivity contribution in [3.63, 3.8) is 0 Å². The summed E-state index contributed by atoms with van der Waals surface area (Å²) in [5, 5.41) is 8.40. The van der Waals surface area contributed by atoms with Crippen LogP contribution in [0.15, 0.2) is 18.2 Å². The lowest BCUT2D eigenvalue weighted by atomic mass is 10.1. The summed E-state index contributed by atoms with van der Waals surface area (Å²) >= 11 is 0. The van der Waals surface area contributed by atoms with Crippen molar-refractivity contribution < 1.29 is 9.53 Å². The summed E-state index contributed by atoms with van der Waals surface area (Å²) in [5.74, 6) is -0.469. The van der Waals surface area contributed by atoms with E-state index in [2.05, 4.69) is 21.0 Å². The number of esters is 1. The highest BCUT2D eigenvalue weighted by atomic mass is 16.5. The summed E-state index contributed by atoms with van der Waals surface area (Å²) in [7, 11) is 1.33. The van der Waals surface area contributed by atoms with Crippen LogP contribution < -0.4 is 0 Å². The smallest absolute Gasteiger partial charge is 0.360 e. The second-order valence-corrected chi connectivity index (χ2v) is 4.26. The first kappa shape index (κ1) is 12.3. The number of carbonyl (C=O) groups excluding carboxylic acids is 1. The fraction of sp³-hybridized carbons (Fsp3) is 0.308. The molecule has 1 aromatic carbocycles. The minimum absolute atomic E-state index is 0.247. The quantitative estimate of drug-likeness (QED) is 0.759. The van der Waals surface area contributed by atoms with Crippen LogP contribution >= 0.6 is 0 Å². The van der Waals surface area contributed by atoms with Gasteiger partial charge in [-0.3, -0.25) is 0 Å². The second kappa shape index (κ2) is 4.60. The van der Waals surface area contributed by atoms with Crippen molar-refractivity contribution in [3.05, 3.63) is 40.7 Å². The topological polar surface area (TPSA) is 57.0 Å². The third-order valence-corrected chi connectivity index (χ3v) is 2.60. The lowest BCUT2D eigenvalue weighted by Crippen LogP contribution is -2.05. The van der Waals surface area contributed by atoms with Crippen LogP contribution in [0.1, 0.15) is 27.3 Å². The first-order valence-corrected chi connectivity index (χ1v) is 5.62. The van der Waals surface area contributed by atoms with Crippen LogP contribution in [0.3, 0.4) is 0 Å². The van der Waals surface area contributed by atoms with Crippen LogP contribution in [-0.2, 0) is 4.74 Å². The Labute approximate surface area is 105 Å². The van der Waals surface area contributed by atoms with Crippen LogP contribution in [-0.4, -0.2) is 28.1 Å². The van der Waals surface area contributed by atoms with Crippen molar-refractivity contribution in [2.45, 2.75) is 20.8 Å². The Bertz CT molecular complexity index is 582. The number of hydrogen-bond acceptors (Lipinski definition) is 4. The van der Waals surface area contributed by atoms with Crippen molar-refractivity contribution in [2.75, 3.05) is 7.11 Å². The molecule has 18 heavy (non-hydrogen) atoms. The lowest BCUT2D eigenvalue weighted by Gasteiger charge is -2.03. The first-order valence-electron chi connectivity index (χ1n) is 5.62. The Morgan fingerprint density at radius 2 is 1.72 bits per heavy atom. The average Bonchev–Trinajstić information content (AvgIpc) is 2.69. The molecule has 5 heteroatoms. The fourth-order valence-electron chi connectivity index (χ4n) is 1.85. The van der Waals surface area contributed by atoms with Crippen LogP contribution in [0.2, 0.25) is 0 Å². The van der Waals surface area contributed by atoms with E-state index in [4.69, 9.17) is 0 Å². The monoisotopic (exact) mass is 245 g/mol. The number of aryl methyl sites for hydroxylation is 3. The van der Waals surface area contributed by atoms with Gasteiger partial charge in [0.05, 0.1) is 18.5 Å². The van der Waals surface area contributed by atoms with Gasteiger partial charge >= 0.3 is 5.97 Å². The average molecular weight is 245 g/mol. The third-order valence-electron chi connectivity index (χ3n) is 2.60. The summed E-state index contributed by atoms with van der Waals surface area (Å²) < 4.78 is 4.66. The molecule has 1 heterocycles. The standard InChI is InChI=1S/C13H15N3O2/c1-8-5-9(2)7-11(6-8)16-14-10(3)12(15-16)13(17)18-4/h5-7H,1-4H3. The summed E-state index contributed by atoms with van der Waals surface area (Å²) in [5.41, 5.74) is 3.89. The number of carbonyl (C=O) groups is 1. The van der Waals surface area contributed by atoms with Crippen molar-refractivity contribution in [3.8, 4) is 5.69 Å². The Kier molecular flexibility index (Phi) is 3.14. The van der Waals surface area contributed by atoms with Gasteiger partial charge in [0, 0.05) is 0 Å². The van der Waals surface area contributed by atoms with E-state index >= 15 is 0 Å². The van der Waals surface area contributed by atoms with Gasteiger partial charge in [0.25, 0.3) is 0 Å². The van der Waals surface area contributed by atoms with E-state index in [1.54, 1.807) is 6.92 Å². The normalized spacial score (nSPS) is 10.4. The lowest BCUT2D eigenvalue weighted by molar-refractivity contribution is 0.0592. The van der Waals surface area contributed by atoms with Crippen LogP contribution in [0.25, 0.3) is 5.69 Å². The molecule has 0 aliphatic carbocycles. The summed E-state index contributed by atoms with van der Waals surface area (Å²) in [6.45, 7) is 5.75. The number of hydrogen-bond donors (Lipinski definition) is 0. The number of ether oxygens (including phenoxy) is 1. The van der Waals surface area contributed by atoms with Crippen molar-refractivity contribution >= 4 is 5.97 Å². The Morgan fingerprint density at radius 3 is 2.28 bits per heavy atom. The zero-order chi connectivity index (χ0) is 13.3. The number of benzene rings is 1. The van der Waals surface area contributed by atoms with E-state index in [9.17, 15) is 4.79 Å². The fourth-order valence-corrected chi connectivity index (χ4v) is 1.85. The van der Waals surface area contributed by atoms with E-state index in [-0.39, 0.29) is 5.69 Å². The minimum atomic E-state index is -0.469. The van der Waals surface area contributed by atoms with Gasteiger partial charge in [-0.25, -0.2) is 4.79 Å². The minimum Gasteiger partial charge on any atom is -0.464 e. The molecule has 2 aromatic rings. The van der Waals surface area contributed by atoms with E-state index in [0.717, 1.165) is 16.8 Å². The van der Waals surface area contributed by atoms with Gasteiger partial charge in [-0.1, -0.05) is 6.07 Å². The zero-order valence-corrected chi connectivity index (χ0v) is 10.9. The van der Waals surface area contributed by atoms with Gasteiger partial charge in [0.1, 0.15) is 0 Å². The number of nitrogens with zero attached hydrogens (tertiary/aromatic N) is 3. The molecule has 0 saturated heterocycles. The highest BCUT2D eigenvalue weighted by Crippen LogP contribution is 2.13. The molecule has 0 spiro atoms. The van der Waals surface area contributed by atoms with Gasteiger partial charge in [-0.05, 0) is 44.0 Å². The third kappa shape index (κ3) is 2.25. The van der Waals surface area contributed by atoms with Crippen molar-refractivity contribution in [1.29, 1.82) is 0 Å². The Hall–Kier alpha value is -2.17. The zero-order valence-electron chi connectivity index (χ0n) is 10.9. The summed E-state index contributed by atoms with van der Waals surface area (Å²) in [6.07, 6.45) is 0. The first-order chi connectivity index (χ1) is 8.51. The molecule has 0 aliphatic heterocycles. The molecule has 0 fully saturated rings. The molecule has 0 N–H and O–H groups in total. The maximum absolute atomic E-state index is 11.5. The Morgan fingerprint density at radius 1 is 1.11 bits per heavy atom. The summed E-state index contributed by atoms with van der Waals surface area (Å²) in [4.78, 5) is 12.9. The predicted molar refractivity (Wildman–Crippen MR) is 66.9 cm³/mol. The molecule has 0 bridgehead atoms. The van der Waals surface area contributed by atoms with E-state index in [1.165, 1.54) is 11.9 Å². The molecule has 0 saturated carbocycles. The molecular weight excluding hydrogens is 230 g/mol. The number of methoxy groups -OCH3 is 1. The molecular formula is C13H15N3O2. The molecule has 1 aromatic heterocycles. The molecule has 5 nitrogen and oxygen atoms in total. The molecule has 0 unspecified atom stereocenters. The predicted octanol–water partition coefficient (Wildman–Crippen LogP) is 1.98. The van der Waals surface area contributed by atoms with Crippen molar-refractivity contribution in [1.82, 2.24) is 15.0 Å². The molecule has 0 amide bonds. The number of rotatable bonds is 2. The number of aromatic nitrogens is 3. The highest BCUT2D eigenvalue weighted by molar-refractivity contribution is 5.88. The van der Waals surface area contributed by atoms with Gasteiger partial charge < -0.3 is 4.74 Å². The largest absolute Gasteiger partial charge is 0.464 e. The highest BCUT2D eigenvalue weighted by Gasteiger charge is 2.16. The van der Waals surface area contributed by atoms with Gasteiger partial charge in [0.15, 0.2) is 5.69 Å².